The molecule has 1 aromatic heterocycles. The van der Waals surface area contributed by atoms with Crippen molar-refractivity contribution in [2.24, 2.45) is 0 Å². The Balaban J connectivity index is 2.12. The lowest BCUT2D eigenvalue weighted by Gasteiger charge is -2.25. The summed E-state index contributed by atoms with van der Waals surface area (Å²) in [6, 6.07) is 16.3. The van der Waals surface area contributed by atoms with Gasteiger partial charge in [0.1, 0.15) is 24.7 Å². The molecule has 0 saturated heterocycles. The SMILES string of the molecule is CC(=O)OCCn1ccc(=O)c(OCc2ccccc2)c1C(OC(C)=O)c1ccccc1F. The molecule has 2 aromatic carbocycles. The Hall–Kier alpha value is -3.94. The number of aromatic nitrogens is 1. The van der Waals surface area contributed by atoms with Gasteiger partial charge in [-0.3, -0.25) is 14.4 Å². The summed E-state index contributed by atoms with van der Waals surface area (Å²) in [6.45, 7) is 2.67. The normalized spacial score (nSPS) is 11.5. The van der Waals surface area contributed by atoms with Crippen LogP contribution in [0.2, 0.25) is 0 Å². The number of rotatable bonds is 9. The largest absolute Gasteiger partial charge is 0.483 e. The molecule has 0 aliphatic heterocycles. The Morgan fingerprint density at radius 2 is 1.67 bits per heavy atom. The van der Waals surface area contributed by atoms with Crippen LogP contribution in [0.15, 0.2) is 71.7 Å². The number of hydrogen-bond acceptors (Lipinski definition) is 6. The van der Waals surface area contributed by atoms with Crippen LogP contribution in [0.1, 0.15) is 36.8 Å². The van der Waals surface area contributed by atoms with Gasteiger partial charge in [0.15, 0.2) is 11.9 Å². The number of carbonyl (C=O) groups excluding carboxylic acids is 2. The zero-order valence-corrected chi connectivity index (χ0v) is 18.3. The van der Waals surface area contributed by atoms with Crippen LogP contribution in [-0.4, -0.2) is 23.1 Å². The van der Waals surface area contributed by atoms with Crippen molar-refractivity contribution in [2.45, 2.75) is 33.1 Å². The fourth-order valence-electron chi connectivity index (χ4n) is 3.32. The Labute approximate surface area is 190 Å². The van der Waals surface area contributed by atoms with Crippen LogP contribution < -0.4 is 10.2 Å². The quantitative estimate of drug-likeness (QED) is 0.459. The first-order valence-electron chi connectivity index (χ1n) is 10.3. The van der Waals surface area contributed by atoms with Gasteiger partial charge in [0, 0.05) is 31.7 Å². The van der Waals surface area contributed by atoms with Gasteiger partial charge in [0.05, 0.1) is 6.54 Å². The van der Waals surface area contributed by atoms with E-state index in [1.54, 1.807) is 10.6 Å². The van der Waals surface area contributed by atoms with Crippen molar-refractivity contribution >= 4 is 11.9 Å². The molecule has 7 nitrogen and oxygen atoms in total. The van der Waals surface area contributed by atoms with Crippen molar-refractivity contribution < 1.29 is 28.2 Å². The highest BCUT2D eigenvalue weighted by molar-refractivity contribution is 5.67. The summed E-state index contributed by atoms with van der Waals surface area (Å²) in [7, 11) is 0. The second-order valence-electron chi connectivity index (χ2n) is 7.21. The highest BCUT2D eigenvalue weighted by atomic mass is 19.1. The Bertz CT molecular complexity index is 1180. The fraction of sp³-hybridized carbons (Fsp3) is 0.240. The van der Waals surface area contributed by atoms with Crippen LogP contribution in [0.25, 0.3) is 0 Å². The second-order valence-corrected chi connectivity index (χ2v) is 7.21. The lowest BCUT2D eigenvalue weighted by atomic mass is 10.0. The summed E-state index contributed by atoms with van der Waals surface area (Å²) in [4.78, 5) is 36.0. The first-order valence-corrected chi connectivity index (χ1v) is 10.3. The van der Waals surface area contributed by atoms with Crippen molar-refractivity contribution in [1.82, 2.24) is 4.57 Å². The molecule has 0 N–H and O–H groups in total. The van der Waals surface area contributed by atoms with E-state index in [0.29, 0.717) is 0 Å². The molecule has 0 saturated carbocycles. The summed E-state index contributed by atoms with van der Waals surface area (Å²) in [6.07, 6.45) is 0.203. The van der Waals surface area contributed by atoms with Gasteiger partial charge in [-0.2, -0.15) is 0 Å². The van der Waals surface area contributed by atoms with E-state index >= 15 is 0 Å². The number of carbonyl (C=O) groups is 2. The van der Waals surface area contributed by atoms with Crippen LogP contribution in [0, 0.1) is 5.82 Å². The van der Waals surface area contributed by atoms with E-state index < -0.39 is 29.3 Å². The second kappa shape index (κ2) is 11.1. The highest BCUT2D eigenvalue weighted by Gasteiger charge is 2.29. The van der Waals surface area contributed by atoms with E-state index in [-0.39, 0.29) is 36.8 Å². The first-order chi connectivity index (χ1) is 15.9. The molecule has 8 heteroatoms. The van der Waals surface area contributed by atoms with Gasteiger partial charge in [0.2, 0.25) is 5.43 Å². The Kier molecular flexibility index (Phi) is 7.96. The average molecular weight is 453 g/mol. The van der Waals surface area contributed by atoms with E-state index in [4.69, 9.17) is 14.2 Å². The number of halogens is 1. The van der Waals surface area contributed by atoms with Crippen molar-refractivity contribution in [3.8, 4) is 5.75 Å². The monoisotopic (exact) mass is 453 g/mol. The van der Waals surface area contributed by atoms with Crippen LogP contribution in [0.4, 0.5) is 4.39 Å². The predicted octanol–water partition coefficient (Wildman–Crippen LogP) is 3.78. The molecule has 0 spiro atoms. The number of ether oxygens (including phenoxy) is 3. The standard InChI is InChI=1S/C25H24FNO6/c1-17(28)31-15-14-27-13-12-22(30)25(32-16-19-8-4-3-5-9-19)23(27)24(33-18(2)29)20-10-6-7-11-21(20)26/h3-13,24H,14-16H2,1-2H3. The molecule has 0 aliphatic rings. The zero-order chi connectivity index (χ0) is 23.8. The third-order valence-electron chi connectivity index (χ3n) is 4.76. The van der Waals surface area contributed by atoms with Gasteiger partial charge in [-0.05, 0) is 11.6 Å². The molecule has 0 bridgehead atoms. The maximum Gasteiger partial charge on any atom is 0.303 e. The fourth-order valence-corrected chi connectivity index (χ4v) is 3.32. The van der Waals surface area contributed by atoms with Crippen LogP contribution in [0.5, 0.6) is 5.75 Å². The molecule has 3 aromatic rings. The van der Waals surface area contributed by atoms with Crippen LogP contribution >= 0.6 is 0 Å². The lowest BCUT2D eigenvalue weighted by Crippen LogP contribution is -2.24. The minimum Gasteiger partial charge on any atom is -0.483 e. The zero-order valence-electron chi connectivity index (χ0n) is 18.3. The van der Waals surface area contributed by atoms with Gasteiger partial charge >= 0.3 is 11.9 Å². The van der Waals surface area contributed by atoms with Crippen molar-refractivity contribution in [2.75, 3.05) is 6.61 Å². The Morgan fingerprint density at radius 3 is 2.33 bits per heavy atom. The van der Waals surface area contributed by atoms with Crippen molar-refractivity contribution in [3.05, 3.63) is 99.7 Å². The number of benzene rings is 2. The molecule has 0 radical (unpaired) electrons. The molecule has 1 heterocycles. The Morgan fingerprint density at radius 1 is 0.970 bits per heavy atom. The summed E-state index contributed by atoms with van der Waals surface area (Å²) in [5.41, 5.74) is 0.557. The van der Waals surface area contributed by atoms with Crippen LogP contribution in [-0.2, 0) is 32.2 Å². The number of hydrogen-bond donors (Lipinski definition) is 0. The highest BCUT2D eigenvalue weighted by Crippen LogP contribution is 2.33. The minimum absolute atomic E-state index is 0.00656. The smallest absolute Gasteiger partial charge is 0.303 e. The summed E-state index contributed by atoms with van der Waals surface area (Å²) < 4.78 is 32.7. The molecule has 0 fully saturated rings. The van der Waals surface area contributed by atoms with E-state index in [1.165, 1.54) is 44.3 Å². The molecular weight excluding hydrogens is 429 g/mol. The van der Waals surface area contributed by atoms with E-state index in [1.807, 2.05) is 30.3 Å². The van der Waals surface area contributed by atoms with Gasteiger partial charge in [-0.1, -0.05) is 48.5 Å². The molecule has 33 heavy (non-hydrogen) atoms. The maximum atomic E-state index is 14.8. The van der Waals surface area contributed by atoms with E-state index in [0.717, 1.165) is 5.56 Å². The minimum atomic E-state index is -1.26. The van der Waals surface area contributed by atoms with Gasteiger partial charge in [-0.15, -0.1) is 0 Å². The summed E-state index contributed by atoms with van der Waals surface area (Å²) in [5, 5.41) is 0. The number of nitrogens with zero attached hydrogens (tertiary/aromatic N) is 1. The molecule has 1 atom stereocenters. The van der Waals surface area contributed by atoms with E-state index in [9.17, 15) is 18.8 Å². The van der Waals surface area contributed by atoms with Gasteiger partial charge in [0.25, 0.3) is 0 Å². The van der Waals surface area contributed by atoms with Crippen molar-refractivity contribution in [3.63, 3.8) is 0 Å². The van der Waals surface area contributed by atoms with E-state index in [2.05, 4.69) is 0 Å². The molecule has 172 valence electrons. The lowest BCUT2D eigenvalue weighted by molar-refractivity contribution is -0.145. The molecular formula is C25H24FNO6. The van der Waals surface area contributed by atoms with Crippen LogP contribution in [0.3, 0.4) is 0 Å². The third kappa shape index (κ3) is 6.29. The summed E-state index contributed by atoms with van der Waals surface area (Å²) >= 11 is 0. The molecule has 1 unspecified atom stereocenters. The number of esters is 2. The van der Waals surface area contributed by atoms with Crippen molar-refractivity contribution in [1.29, 1.82) is 0 Å². The summed E-state index contributed by atoms with van der Waals surface area (Å²) in [5.74, 6) is -1.83. The van der Waals surface area contributed by atoms with Gasteiger partial charge in [-0.25, -0.2) is 4.39 Å². The predicted molar refractivity (Wildman–Crippen MR) is 118 cm³/mol. The molecule has 3 rings (SSSR count). The number of pyridine rings is 1. The molecule has 0 aliphatic carbocycles. The third-order valence-corrected chi connectivity index (χ3v) is 4.76. The first kappa shape index (κ1) is 23.7. The maximum absolute atomic E-state index is 14.8. The topological polar surface area (TPSA) is 83.8 Å². The average Bonchev–Trinajstić information content (AvgIpc) is 2.78. The molecule has 0 amide bonds. The van der Waals surface area contributed by atoms with Gasteiger partial charge < -0.3 is 18.8 Å².